The number of hydrogen-bond donors (Lipinski definition) is 2. The van der Waals surface area contributed by atoms with E-state index in [-0.39, 0.29) is 5.54 Å². The summed E-state index contributed by atoms with van der Waals surface area (Å²) in [5, 5.41) is 6.47. The van der Waals surface area contributed by atoms with E-state index in [2.05, 4.69) is 41.4 Å². The fraction of sp³-hybridized carbons (Fsp3) is 0.636. The van der Waals surface area contributed by atoms with Gasteiger partial charge in [0.1, 0.15) is 5.82 Å². The summed E-state index contributed by atoms with van der Waals surface area (Å²) in [6.45, 7) is 9.32. The summed E-state index contributed by atoms with van der Waals surface area (Å²) in [4.78, 5) is 8.49. The molecule has 0 aromatic carbocycles. The van der Waals surface area contributed by atoms with Crippen molar-refractivity contribution in [2.45, 2.75) is 39.7 Å². The summed E-state index contributed by atoms with van der Waals surface area (Å²) in [6.07, 6.45) is 2.81. The lowest BCUT2D eigenvalue weighted by molar-refractivity contribution is 0.545. The number of anilines is 2. The van der Waals surface area contributed by atoms with E-state index in [1.807, 2.05) is 13.0 Å². The molecule has 0 bridgehead atoms. The smallest absolute Gasteiger partial charge is 0.224 e. The Morgan fingerprint density at radius 2 is 2.07 bits per heavy atom. The molecule has 1 rings (SSSR count). The zero-order chi connectivity index (χ0) is 11.3. The van der Waals surface area contributed by atoms with Crippen LogP contribution in [0.25, 0.3) is 0 Å². The third-order valence-corrected chi connectivity index (χ3v) is 2.34. The highest BCUT2D eigenvalue weighted by molar-refractivity contribution is 5.41. The van der Waals surface area contributed by atoms with E-state index in [0.717, 1.165) is 18.8 Å². The topological polar surface area (TPSA) is 49.8 Å². The first-order chi connectivity index (χ1) is 7.07. The summed E-state index contributed by atoms with van der Waals surface area (Å²) < 4.78 is 0. The lowest BCUT2D eigenvalue weighted by atomic mass is 10.0. The first kappa shape index (κ1) is 11.8. The van der Waals surface area contributed by atoms with Crippen LogP contribution in [-0.4, -0.2) is 22.1 Å². The Morgan fingerprint density at radius 3 is 2.67 bits per heavy atom. The van der Waals surface area contributed by atoms with Crippen molar-refractivity contribution in [2.75, 3.05) is 17.2 Å². The van der Waals surface area contributed by atoms with Gasteiger partial charge in [-0.3, -0.25) is 0 Å². The molecule has 4 nitrogen and oxygen atoms in total. The Balaban J connectivity index is 2.73. The van der Waals surface area contributed by atoms with Gasteiger partial charge >= 0.3 is 0 Å². The van der Waals surface area contributed by atoms with Crippen LogP contribution in [0.4, 0.5) is 11.8 Å². The van der Waals surface area contributed by atoms with Crippen LogP contribution in [0.15, 0.2) is 12.3 Å². The minimum atomic E-state index is 0.0673. The van der Waals surface area contributed by atoms with Crippen LogP contribution < -0.4 is 10.6 Å². The summed E-state index contributed by atoms with van der Waals surface area (Å²) in [7, 11) is 0. The fourth-order valence-electron chi connectivity index (χ4n) is 1.11. The molecule has 15 heavy (non-hydrogen) atoms. The number of nitrogens with zero attached hydrogens (tertiary/aromatic N) is 2. The third-order valence-electron chi connectivity index (χ3n) is 2.34. The van der Waals surface area contributed by atoms with Crippen LogP contribution in [0.3, 0.4) is 0 Å². The molecule has 1 aromatic heterocycles. The van der Waals surface area contributed by atoms with Crippen LogP contribution in [-0.2, 0) is 0 Å². The molecule has 0 fully saturated rings. The normalized spacial score (nSPS) is 11.2. The van der Waals surface area contributed by atoms with E-state index in [0.29, 0.717) is 5.95 Å². The second-order valence-electron chi connectivity index (χ2n) is 4.16. The van der Waals surface area contributed by atoms with Crippen molar-refractivity contribution >= 4 is 11.8 Å². The Morgan fingerprint density at radius 1 is 1.33 bits per heavy atom. The third kappa shape index (κ3) is 3.73. The minimum absolute atomic E-state index is 0.0673. The molecular weight excluding hydrogens is 188 g/mol. The first-order valence-electron chi connectivity index (χ1n) is 5.42. The Labute approximate surface area is 91.5 Å². The molecule has 0 atom stereocenters. The van der Waals surface area contributed by atoms with Gasteiger partial charge in [0.25, 0.3) is 0 Å². The highest BCUT2D eigenvalue weighted by Gasteiger charge is 2.14. The standard InChI is InChI=1S/C11H20N4/c1-5-11(3,4)15-9-7-8-13-10(14-9)12-6-2/h7-8H,5-6H2,1-4H3,(H2,12,13,14,15). The van der Waals surface area contributed by atoms with Crippen LogP contribution in [0.5, 0.6) is 0 Å². The predicted octanol–water partition coefficient (Wildman–Crippen LogP) is 2.51. The highest BCUT2D eigenvalue weighted by Crippen LogP contribution is 2.16. The monoisotopic (exact) mass is 208 g/mol. The summed E-state index contributed by atoms with van der Waals surface area (Å²) in [5.74, 6) is 1.54. The van der Waals surface area contributed by atoms with Crippen molar-refractivity contribution in [3.63, 3.8) is 0 Å². The molecule has 1 aromatic rings. The highest BCUT2D eigenvalue weighted by atomic mass is 15.1. The fourth-order valence-corrected chi connectivity index (χ4v) is 1.11. The van der Waals surface area contributed by atoms with Gasteiger partial charge < -0.3 is 10.6 Å². The van der Waals surface area contributed by atoms with Crippen molar-refractivity contribution in [1.29, 1.82) is 0 Å². The van der Waals surface area contributed by atoms with Gasteiger partial charge in [0.2, 0.25) is 5.95 Å². The molecule has 2 N–H and O–H groups in total. The molecule has 0 saturated carbocycles. The maximum Gasteiger partial charge on any atom is 0.224 e. The summed E-state index contributed by atoms with van der Waals surface area (Å²) >= 11 is 0. The van der Waals surface area contributed by atoms with Crippen molar-refractivity contribution in [3.05, 3.63) is 12.3 Å². The van der Waals surface area contributed by atoms with Crippen LogP contribution in [0.1, 0.15) is 34.1 Å². The molecule has 0 saturated heterocycles. The lowest BCUT2D eigenvalue weighted by Crippen LogP contribution is -2.30. The van der Waals surface area contributed by atoms with E-state index in [4.69, 9.17) is 0 Å². The van der Waals surface area contributed by atoms with E-state index in [1.165, 1.54) is 0 Å². The van der Waals surface area contributed by atoms with Crippen molar-refractivity contribution in [3.8, 4) is 0 Å². The van der Waals surface area contributed by atoms with Gasteiger partial charge in [-0.05, 0) is 33.3 Å². The van der Waals surface area contributed by atoms with Gasteiger partial charge in [-0.2, -0.15) is 4.98 Å². The van der Waals surface area contributed by atoms with Crippen LogP contribution in [0.2, 0.25) is 0 Å². The van der Waals surface area contributed by atoms with Crippen molar-refractivity contribution < 1.29 is 0 Å². The molecule has 0 radical (unpaired) electrons. The molecular formula is C11H20N4. The molecule has 0 aliphatic carbocycles. The second kappa shape index (κ2) is 4.96. The first-order valence-corrected chi connectivity index (χ1v) is 5.42. The molecule has 1 heterocycles. The quantitative estimate of drug-likeness (QED) is 0.780. The van der Waals surface area contributed by atoms with E-state index < -0.39 is 0 Å². The van der Waals surface area contributed by atoms with Gasteiger partial charge in [0.05, 0.1) is 0 Å². The summed E-state index contributed by atoms with van der Waals surface area (Å²) in [6, 6.07) is 1.89. The molecule has 84 valence electrons. The van der Waals surface area contributed by atoms with E-state index in [1.54, 1.807) is 6.20 Å². The second-order valence-corrected chi connectivity index (χ2v) is 4.16. The Bertz CT molecular complexity index is 309. The Kier molecular flexibility index (Phi) is 3.88. The van der Waals surface area contributed by atoms with Gasteiger partial charge in [0.15, 0.2) is 0 Å². The number of nitrogens with one attached hydrogen (secondary N) is 2. The molecule has 0 unspecified atom stereocenters. The zero-order valence-corrected chi connectivity index (χ0v) is 9.96. The van der Waals surface area contributed by atoms with Crippen LogP contribution >= 0.6 is 0 Å². The lowest BCUT2D eigenvalue weighted by Gasteiger charge is -2.25. The average molecular weight is 208 g/mol. The van der Waals surface area contributed by atoms with Gasteiger partial charge in [-0.1, -0.05) is 6.92 Å². The van der Waals surface area contributed by atoms with Gasteiger partial charge in [-0.15, -0.1) is 0 Å². The molecule has 0 amide bonds. The maximum atomic E-state index is 4.36. The average Bonchev–Trinajstić information content (AvgIpc) is 2.18. The van der Waals surface area contributed by atoms with Gasteiger partial charge in [0, 0.05) is 18.3 Å². The molecule has 0 spiro atoms. The number of aromatic nitrogens is 2. The minimum Gasteiger partial charge on any atom is -0.365 e. The van der Waals surface area contributed by atoms with Crippen molar-refractivity contribution in [1.82, 2.24) is 9.97 Å². The maximum absolute atomic E-state index is 4.36. The molecule has 0 aliphatic rings. The summed E-state index contributed by atoms with van der Waals surface area (Å²) in [5.41, 5.74) is 0.0673. The van der Waals surface area contributed by atoms with E-state index in [9.17, 15) is 0 Å². The SMILES string of the molecule is CCNc1nccc(NC(C)(C)CC)n1. The largest absolute Gasteiger partial charge is 0.365 e. The molecule has 4 heteroatoms. The van der Waals surface area contributed by atoms with Crippen molar-refractivity contribution in [2.24, 2.45) is 0 Å². The number of hydrogen-bond acceptors (Lipinski definition) is 4. The molecule has 0 aliphatic heterocycles. The zero-order valence-electron chi connectivity index (χ0n) is 9.96. The van der Waals surface area contributed by atoms with Gasteiger partial charge in [-0.25, -0.2) is 4.98 Å². The van der Waals surface area contributed by atoms with E-state index >= 15 is 0 Å². The number of rotatable bonds is 5. The Hall–Kier alpha value is -1.32. The predicted molar refractivity (Wildman–Crippen MR) is 64.2 cm³/mol. The van der Waals surface area contributed by atoms with Crippen LogP contribution in [0, 0.1) is 0 Å².